The lowest BCUT2D eigenvalue weighted by atomic mass is 10.1. The van der Waals surface area contributed by atoms with Crippen molar-refractivity contribution in [2.24, 2.45) is 0 Å². The fourth-order valence-corrected chi connectivity index (χ4v) is 3.62. The Hall–Kier alpha value is -0.200. The molecule has 0 aromatic heterocycles. The highest BCUT2D eigenvalue weighted by atomic mass is 16.5. The summed E-state index contributed by atoms with van der Waals surface area (Å²) >= 11 is 0. The second kappa shape index (κ2) is 16.7. The number of hydrogen-bond donors (Lipinski definition) is 0. The molecule has 0 aliphatic rings. The van der Waals surface area contributed by atoms with Gasteiger partial charge in [-0.15, -0.1) is 0 Å². The molecule has 0 saturated heterocycles. The van der Waals surface area contributed by atoms with E-state index < -0.39 is 0 Å². The fourth-order valence-electron chi connectivity index (χ4n) is 3.62. The van der Waals surface area contributed by atoms with Gasteiger partial charge in [0.15, 0.2) is 0 Å². The first-order valence-corrected chi connectivity index (χ1v) is 11.4. The zero-order chi connectivity index (χ0) is 20.7. The van der Waals surface area contributed by atoms with E-state index >= 15 is 0 Å². The summed E-state index contributed by atoms with van der Waals surface area (Å²) in [5.74, 6) is 0. The molecule has 164 valence electrons. The molecule has 0 heterocycles. The highest BCUT2D eigenvalue weighted by molar-refractivity contribution is 4.74. The maximum atomic E-state index is 6.34. The molecule has 0 spiro atoms. The summed E-state index contributed by atoms with van der Waals surface area (Å²) in [5.41, 5.74) is 0. The summed E-state index contributed by atoms with van der Waals surface area (Å²) < 4.78 is 6.34. The van der Waals surface area contributed by atoms with Crippen molar-refractivity contribution in [2.75, 3.05) is 79.7 Å². The predicted molar refractivity (Wildman–Crippen MR) is 120 cm³/mol. The SMILES string of the molecule is CCN(C)CCC(COCC(CCN(C)CC)N(CC)CC)N(CC)CC. The summed E-state index contributed by atoms with van der Waals surface area (Å²) in [7, 11) is 4.42. The van der Waals surface area contributed by atoms with Crippen LogP contribution in [0.2, 0.25) is 0 Å². The molecule has 0 radical (unpaired) electrons. The zero-order valence-corrected chi connectivity index (χ0v) is 19.8. The number of ether oxygens (including phenoxy) is 1. The Balaban J connectivity index is 4.71. The van der Waals surface area contributed by atoms with Gasteiger partial charge < -0.3 is 14.5 Å². The molecule has 0 rings (SSSR count). The zero-order valence-electron chi connectivity index (χ0n) is 19.8. The highest BCUT2D eigenvalue weighted by Crippen LogP contribution is 2.10. The molecule has 2 unspecified atom stereocenters. The van der Waals surface area contributed by atoms with Crippen molar-refractivity contribution in [3.05, 3.63) is 0 Å². The van der Waals surface area contributed by atoms with Crippen LogP contribution in [0.5, 0.6) is 0 Å². The van der Waals surface area contributed by atoms with Gasteiger partial charge in [-0.25, -0.2) is 0 Å². The molecule has 5 heteroatoms. The van der Waals surface area contributed by atoms with E-state index in [4.69, 9.17) is 4.74 Å². The summed E-state index contributed by atoms with van der Waals surface area (Å²) in [5, 5.41) is 0. The second-order valence-electron chi connectivity index (χ2n) is 7.66. The molecule has 0 aromatic rings. The van der Waals surface area contributed by atoms with Crippen LogP contribution in [0.15, 0.2) is 0 Å². The van der Waals surface area contributed by atoms with Crippen LogP contribution in [0.4, 0.5) is 0 Å². The molecule has 0 aliphatic heterocycles. The van der Waals surface area contributed by atoms with Crippen LogP contribution < -0.4 is 0 Å². The normalized spacial score (nSPS) is 14.7. The molecule has 0 amide bonds. The van der Waals surface area contributed by atoms with Gasteiger partial charge in [-0.1, -0.05) is 41.5 Å². The molecular formula is C22H50N4O. The molecule has 0 saturated carbocycles. The molecule has 5 nitrogen and oxygen atoms in total. The van der Waals surface area contributed by atoms with Crippen LogP contribution in [0.1, 0.15) is 54.4 Å². The summed E-state index contributed by atoms with van der Waals surface area (Å²) in [4.78, 5) is 9.91. The van der Waals surface area contributed by atoms with Crippen molar-refractivity contribution in [2.45, 2.75) is 66.5 Å². The van der Waals surface area contributed by atoms with Gasteiger partial charge in [0.2, 0.25) is 0 Å². The van der Waals surface area contributed by atoms with Crippen LogP contribution in [0.25, 0.3) is 0 Å². The number of nitrogens with zero attached hydrogens (tertiary/aromatic N) is 4. The largest absolute Gasteiger partial charge is 0.378 e. The van der Waals surface area contributed by atoms with Crippen LogP contribution in [0.3, 0.4) is 0 Å². The van der Waals surface area contributed by atoms with E-state index in [1.54, 1.807) is 0 Å². The minimum Gasteiger partial charge on any atom is -0.378 e. The summed E-state index contributed by atoms with van der Waals surface area (Å²) in [6.07, 6.45) is 2.36. The Morgan fingerprint density at radius 2 is 0.889 bits per heavy atom. The van der Waals surface area contributed by atoms with Gasteiger partial charge in [0, 0.05) is 12.1 Å². The number of rotatable bonds is 18. The van der Waals surface area contributed by atoms with E-state index in [-0.39, 0.29) is 0 Å². The van der Waals surface area contributed by atoms with Gasteiger partial charge in [0.1, 0.15) is 0 Å². The van der Waals surface area contributed by atoms with Gasteiger partial charge in [0.05, 0.1) is 13.2 Å². The average molecular weight is 387 g/mol. The first kappa shape index (κ1) is 26.8. The van der Waals surface area contributed by atoms with Crippen molar-refractivity contribution < 1.29 is 4.74 Å². The summed E-state index contributed by atoms with van der Waals surface area (Å²) in [6.45, 7) is 24.1. The first-order chi connectivity index (χ1) is 13.0. The topological polar surface area (TPSA) is 22.2 Å². The van der Waals surface area contributed by atoms with Gasteiger partial charge in [0.25, 0.3) is 0 Å². The first-order valence-electron chi connectivity index (χ1n) is 11.4. The van der Waals surface area contributed by atoms with Gasteiger partial charge in [-0.2, -0.15) is 0 Å². The monoisotopic (exact) mass is 386 g/mol. The fraction of sp³-hybridized carbons (Fsp3) is 1.00. The van der Waals surface area contributed by atoms with E-state index in [1.165, 1.54) is 12.8 Å². The lowest BCUT2D eigenvalue weighted by Crippen LogP contribution is -2.44. The lowest BCUT2D eigenvalue weighted by molar-refractivity contribution is 0.0177. The van der Waals surface area contributed by atoms with E-state index in [0.717, 1.165) is 65.6 Å². The van der Waals surface area contributed by atoms with E-state index in [2.05, 4.69) is 75.2 Å². The third-order valence-corrected chi connectivity index (χ3v) is 6.05. The third-order valence-electron chi connectivity index (χ3n) is 6.05. The van der Waals surface area contributed by atoms with Gasteiger partial charge in [-0.3, -0.25) is 9.80 Å². The smallest absolute Gasteiger partial charge is 0.0623 e. The van der Waals surface area contributed by atoms with Crippen molar-refractivity contribution >= 4 is 0 Å². The van der Waals surface area contributed by atoms with Crippen molar-refractivity contribution in [3.63, 3.8) is 0 Å². The Bertz CT molecular complexity index is 291. The van der Waals surface area contributed by atoms with E-state index in [9.17, 15) is 0 Å². The Morgan fingerprint density at radius 1 is 0.556 bits per heavy atom. The molecule has 2 atom stereocenters. The second-order valence-corrected chi connectivity index (χ2v) is 7.66. The molecular weight excluding hydrogens is 336 g/mol. The molecule has 27 heavy (non-hydrogen) atoms. The molecule has 0 N–H and O–H groups in total. The van der Waals surface area contributed by atoms with Crippen LogP contribution in [0, 0.1) is 0 Å². The van der Waals surface area contributed by atoms with Gasteiger partial charge >= 0.3 is 0 Å². The Morgan fingerprint density at radius 3 is 1.15 bits per heavy atom. The van der Waals surface area contributed by atoms with Crippen LogP contribution >= 0.6 is 0 Å². The maximum absolute atomic E-state index is 6.34. The van der Waals surface area contributed by atoms with Crippen LogP contribution in [-0.2, 0) is 4.74 Å². The molecule has 0 aliphatic carbocycles. The lowest BCUT2D eigenvalue weighted by Gasteiger charge is -2.33. The van der Waals surface area contributed by atoms with E-state index in [1.807, 2.05) is 0 Å². The number of hydrogen-bond acceptors (Lipinski definition) is 5. The van der Waals surface area contributed by atoms with E-state index in [0.29, 0.717) is 12.1 Å². The average Bonchev–Trinajstić information content (AvgIpc) is 2.69. The van der Waals surface area contributed by atoms with Crippen molar-refractivity contribution in [1.29, 1.82) is 0 Å². The maximum Gasteiger partial charge on any atom is 0.0623 e. The quantitative estimate of drug-likeness (QED) is 0.360. The standard InChI is InChI=1S/C22H50N4O/c1-9-23(7)17-15-21(25(11-3)12-4)19-27-20-22(26(13-5)14-6)16-18-24(8)10-2/h21-22H,9-20H2,1-8H3. The third kappa shape index (κ3) is 11.4. The minimum absolute atomic E-state index is 0.518. The van der Waals surface area contributed by atoms with Crippen LogP contribution in [-0.4, -0.2) is 111 Å². The predicted octanol–water partition coefficient (Wildman–Crippen LogP) is 3.11. The minimum atomic E-state index is 0.518. The van der Waals surface area contributed by atoms with Gasteiger partial charge in [-0.05, 0) is 79.3 Å². The Labute approximate surface area is 171 Å². The van der Waals surface area contributed by atoms with Crippen molar-refractivity contribution in [1.82, 2.24) is 19.6 Å². The summed E-state index contributed by atoms with van der Waals surface area (Å²) in [6, 6.07) is 1.04. The molecule has 0 aromatic carbocycles. The highest BCUT2D eigenvalue weighted by Gasteiger charge is 2.20. The molecule has 0 fully saturated rings. The number of likely N-dealkylation sites (N-methyl/N-ethyl adjacent to an activating group) is 2. The Kier molecular flexibility index (Phi) is 16.6. The van der Waals surface area contributed by atoms with Crippen molar-refractivity contribution in [3.8, 4) is 0 Å². The molecule has 0 bridgehead atoms.